The lowest BCUT2D eigenvalue weighted by molar-refractivity contribution is -0.146. The number of hydrogen-bond donors (Lipinski definition) is 2. The molecule has 1 saturated heterocycles. The van der Waals surface area contributed by atoms with E-state index in [1.807, 2.05) is 24.3 Å². The van der Waals surface area contributed by atoms with Crippen molar-refractivity contribution in [1.29, 1.82) is 0 Å². The van der Waals surface area contributed by atoms with Crippen LogP contribution in [0.1, 0.15) is 102 Å². The Morgan fingerprint density at radius 3 is 2.00 bits per heavy atom. The van der Waals surface area contributed by atoms with Crippen molar-refractivity contribution in [2.75, 3.05) is 23.5 Å². The summed E-state index contributed by atoms with van der Waals surface area (Å²) < 4.78 is 0. The molecule has 1 amide bonds. The van der Waals surface area contributed by atoms with E-state index in [0.29, 0.717) is 11.6 Å². The van der Waals surface area contributed by atoms with Gasteiger partial charge < -0.3 is 15.3 Å². The maximum Gasteiger partial charge on any atom is 0.327 e. The Balaban J connectivity index is 1.48. The molecule has 1 aliphatic heterocycles. The number of hydrogen-bond acceptors (Lipinski definition) is 4. The summed E-state index contributed by atoms with van der Waals surface area (Å²) in [6, 6.07) is 7.29. The molecule has 1 atom stereocenters. The molecule has 0 aromatic heterocycles. The average Bonchev–Trinajstić information content (AvgIpc) is 3.36. The van der Waals surface area contributed by atoms with Crippen molar-refractivity contribution in [1.82, 2.24) is 4.90 Å². The zero-order valence-corrected chi connectivity index (χ0v) is 22.5. The maximum absolute atomic E-state index is 12.3. The van der Waals surface area contributed by atoms with Gasteiger partial charge in [0.05, 0.1) is 5.88 Å². The number of amides is 1. The van der Waals surface area contributed by atoms with Crippen molar-refractivity contribution < 1.29 is 14.7 Å². The van der Waals surface area contributed by atoms with Crippen LogP contribution < -0.4 is 5.32 Å². The number of nitrogens with one attached hydrogen (secondary N) is 1. The summed E-state index contributed by atoms with van der Waals surface area (Å²) in [6.45, 7) is 3.26. The van der Waals surface area contributed by atoms with Crippen LogP contribution in [0.5, 0.6) is 0 Å². The van der Waals surface area contributed by atoms with E-state index in [1.54, 1.807) is 6.08 Å². The average molecular weight is 503 g/mol. The van der Waals surface area contributed by atoms with E-state index in [0.717, 1.165) is 17.8 Å². The predicted molar refractivity (Wildman–Crippen MR) is 150 cm³/mol. The predicted octanol–water partition coefficient (Wildman–Crippen LogP) is 7.58. The van der Waals surface area contributed by atoms with Crippen molar-refractivity contribution >= 4 is 35.4 Å². The van der Waals surface area contributed by atoms with E-state index in [9.17, 15) is 14.7 Å². The fraction of sp³-hybridized carbons (Fsp3) is 0.655. The molecular weight excluding hydrogens is 456 g/mol. The largest absolute Gasteiger partial charge is 0.480 e. The van der Waals surface area contributed by atoms with Crippen molar-refractivity contribution in [3.05, 3.63) is 35.9 Å². The van der Waals surface area contributed by atoms with Crippen molar-refractivity contribution in [3.8, 4) is 0 Å². The van der Waals surface area contributed by atoms with Gasteiger partial charge in [-0.2, -0.15) is 0 Å². The smallest absolute Gasteiger partial charge is 0.327 e. The van der Waals surface area contributed by atoms with Crippen LogP contribution in [0.25, 0.3) is 6.08 Å². The van der Waals surface area contributed by atoms with Crippen LogP contribution in [-0.4, -0.2) is 46.1 Å². The van der Waals surface area contributed by atoms with Crippen molar-refractivity contribution in [2.24, 2.45) is 0 Å². The summed E-state index contributed by atoms with van der Waals surface area (Å²) >= 11 is 1.47. The number of carbonyl (C=O) groups excluding carboxylic acids is 1. The SMILES string of the molecule is CCCCCCCCCCCCCCCCNc1ccc(C=CC(=O)N2CSCC2C(=O)O)cc1. The Kier molecular flexibility index (Phi) is 15.3. The summed E-state index contributed by atoms with van der Waals surface area (Å²) in [5, 5.41) is 12.7. The van der Waals surface area contributed by atoms with Gasteiger partial charge in [-0.1, -0.05) is 103 Å². The van der Waals surface area contributed by atoms with Crippen LogP contribution in [0, 0.1) is 0 Å². The highest BCUT2D eigenvalue weighted by Crippen LogP contribution is 2.22. The highest BCUT2D eigenvalue weighted by atomic mass is 32.2. The summed E-state index contributed by atoms with van der Waals surface area (Å²) in [4.78, 5) is 25.0. The molecule has 6 heteroatoms. The zero-order valence-electron chi connectivity index (χ0n) is 21.7. The normalized spacial score (nSPS) is 15.7. The number of unbranched alkanes of at least 4 members (excludes halogenated alkanes) is 13. The lowest BCUT2D eigenvalue weighted by atomic mass is 10.0. The molecule has 0 spiro atoms. The number of anilines is 1. The topological polar surface area (TPSA) is 69.6 Å². The van der Waals surface area contributed by atoms with Crippen LogP contribution in [0.3, 0.4) is 0 Å². The minimum absolute atomic E-state index is 0.248. The first-order valence-corrected chi connectivity index (χ1v) is 14.9. The van der Waals surface area contributed by atoms with Crippen LogP contribution in [0.2, 0.25) is 0 Å². The first-order chi connectivity index (χ1) is 17.1. The highest BCUT2D eigenvalue weighted by Gasteiger charge is 2.33. The molecule has 2 rings (SSSR count). The Bertz CT molecular complexity index is 751. The zero-order chi connectivity index (χ0) is 25.1. The third-order valence-electron chi connectivity index (χ3n) is 6.64. The van der Waals surface area contributed by atoms with Gasteiger partial charge in [0.25, 0.3) is 0 Å². The molecule has 35 heavy (non-hydrogen) atoms. The van der Waals surface area contributed by atoms with Gasteiger partial charge in [-0.15, -0.1) is 11.8 Å². The monoisotopic (exact) mass is 502 g/mol. The maximum atomic E-state index is 12.3. The first kappa shape index (κ1) is 29.3. The molecule has 196 valence electrons. The molecule has 0 aliphatic carbocycles. The molecule has 1 aliphatic rings. The van der Waals surface area contributed by atoms with Gasteiger partial charge in [0.2, 0.25) is 5.91 Å². The number of carboxylic acids is 1. The molecule has 0 radical (unpaired) electrons. The molecule has 1 aromatic rings. The van der Waals surface area contributed by atoms with Gasteiger partial charge in [0, 0.05) is 24.1 Å². The molecule has 1 heterocycles. The lowest BCUT2D eigenvalue weighted by Gasteiger charge is -2.18. The van der Waals surface area contributed by atoms with Gasteiger partial charge >= 0.3 is 5.97 Å². The molecule has 1 unspecified atom stereocenters. The molecule has 2 N–H and O–H groups in total. The van der Waals surface area contributed by atoms with Gasteiger partial charge in [0.1, 0.15) is 6.04 Å². The highest BCUT2D eigenvalue weighted by molar-refractivity contribution is 7.99. The van der Waals surface area contributed by atoms with Gasteiger partial charge in [-0.05, 0) is 30.2 Å². The van der Waals surface area contributed by atoms with Gasteiger partial charge in [0.15, 0.2) is 0 Å². The van der Waals surface area contributed by atoms with E-state index < -0.39 is 12.0 Å². The summed E-state index contributed by atoms with van der Waals surface area (Å²) in [7, 11) is 0. The molecule has 0 saturated carbocycles. The standard InChI is InChI=1S/C29H46N2O3S/c1-2-3-4-5-6-7-8-9-10-11-12-13-14-15-22-30-26-19-16-25(17-20-26)18-21-28(32)31-24-35-23-27(31)29(33)34/h16-21,27,30H,2-15,22-24H2,1H3,(H,33,34). The number of aliphatic carboxylic acids is 1. The summed E-state index contributed by atoms with van der Waals surface area (Å²) in [5.41, 5.74) is 2.02. The Morgan fingerprint density at radius 1 is 0.914 bits per heavy atom. The number of benzene rings is 1. The number of rotatable bonds is 19. The Labute approximate surface area is 217 Å². The minimum Gasteiger partial charge on any atom is -0.480 e. The van der Waals surface area contributed by atoms with E-state index in [4.69, 9.17) is 0 Å². The third kappa shape index (κ3) is 12.5. The van der Waals surface area contributed by atoms with E-state index in [2.05, 4.69) is 12.2 Å². The van der Waals surface area contributed by atoms with Gasteiger partial charge in [-0.25, -0.2) is 4.79 Å². The van der Waals surface area contributed by atoms with Crippen LogP contribution in [0.4, 0.5) is 5.69 Å². The van der Waals surface area contributed by atoms with Crippen LogP contribution >= 0.6 is 11.8 Å². The molecule has 1 fully saturated rings. The molecular formula is C29H46N2O3S. The summed E-state index contributed by atoms with van der Waals surface area (Å²) in [5.74, 6) is -0.301. The van der Waals surface area contributed by atoms with Gasteiger partial charge in [-0.3, -0.25) is 4.79 Å². The van der Waals surface area contributed by atoms with Crippen molar-refractivity contribution in [3.63, 3.8) is 0 Å². The fourth-order valence-electron chi connectivity index (χ4n) is 4.39. The quantitative estimate of drug-likeness (QED) is 0.151. The Morgan fingerprint density at radius 2 is 1.46 bits per heavy atom. The Hall–Kier alpha value is -1.95. The second kappa shape index (κ2) is 18.3. The fourth-order valence-corrected chi connectivity index (χ4v) is 5.55. The summed E-state index contributed by atoms with van der Waals surface area (Å²) in [6.07, 6.45) is 22.4. The number of carbonyl (C=O) groups is 2. The minimum atomic E-state index is -0.939. The lowest BCUT2D eigenvalue weighted by Crippen LogP contribution is -2.40. The first-order valence-electron chi connectivity index (χ1n) is 13.7. The third-order valence-corrected chi connectivity index (χ3v) is 7.65. The van der Waals surface area contributed by atoms with E-state index in [-0.39, 0.29) is 5.91 Å². The molecule has 0 bridgehead atoms. The number of nitrogens with zero attached hydrogens (tertiary/aromatic N) is 1. The number of carboxylic acid groups (broad SMARTS) is 1. The van der Waals surface area contributed by atoms with E-state index >= 15 is 0 Å². The molecule has 5 nitrogen and oxygen atoms in total. The van der Waals surface area contributed by atoms with Crippen LogP contribution in [-0.2, 0) is 9.59 Å². The second-order valence-corrected chi connectivity index (χ2v) is 10.6. The van der Waals surface area contributed by atoms with Crippen molar-refractivity contribution in [2.45, 2.75) is 103 Å². The molecule has 1 aromatic carbocycles. The number of thioether (sulfide) groups is 1. The van der Waals surface area contributed by atoms with E-state index in [1.165, 1.54) is 113 Å². The van der Waals surface area contributed by atoms with Crippen LogP contribution in [0.15, 0.2) is 30.3 Å². The second-order valence-electron chi connectivity index (χ2n) is 9.64.